The summed E-state index contributed by atoms with van der Waals surface area (Å²) < 4.78 is 0. The number of anilines is 1. The SMILES string of the molecule is CCN(C)C(=O)CNc1cc(C)nc(C)n1. The smallest absolute Gasteiger partial charge is 0.241 e. The number of carbonyl (C=O) groups excluding carboxylic acids is 1. The molecular formula is C11H18N4O. The lowest BCUT2D eigenvalue weighted by Gasteiger charge is -2.15. The lowest BCUT2D eigenvalue weighted by Crippen LogP contribution is -2.32. The molecule has 1 heterocycles. The van der Waals surface area contributed by atoms with E-state index in [1.807, 2.05) is 26.8 Å². The fourth-order valence-corrected chi connectivity index (χ4v) is 1.28. The van der Waals surface area contributed by atoms with Crippen LogP contribution in [0.15, 0.2) is 6.07 Å². The van der Waals surface area contributed by atoms with Crippen molar-refractivity contribution in [1.29, 1.82) is 0 Å². The maximum Gasteiger partial charge on any atom is 0.241 e. The van der Waals surface area contributed by atoms with E-state index in [2.05, 4.69) is 15.3 Å². The van der Waals surface area contributed by atoms with E-state index in [-0.39, 0.29) is 12.5 Å². The average molecular weight is 222 g/mol. The molecule has 0 unspecified atom stereocenters. The van der Waals surface area contributed by atoms with E-state index in [1.54, 1.807) is 11.9 Å². The maximum atomic E-state index is 11.5. The van der Waals surface area contributed by atoms with Gasteiger partial charge in [-0.25, -0.2) is 9.97 Å². The summed E-state index contributed by atoms with van der Waals surface area (Å²) in [6, 6.07) is 1.83. The number of nitrogens with zero attached hydrogens (tertiary/aromatic N) is 3. The van der Waals surface area contributed by atoms with Crippen LogP contribution < -0.4 is 5.32 Å². The number of likely N-dealkylation sites (N-methyl/N-ethyl adjacent to an activating group) is 1. The Kier molecular flexibility index (Phi) is 4.22. The topological polar surface area (TPSA) is 58.1 Å². The molecule has 0 aliphatic heterocycles. The number of amides is 1. The summed E-state index contributed by atoms with van der Waals surface area (Å²) >= 11 is 0. The number of aromatic nitrogens is 2. The first-order valence-corrected chi connectivity index (χ1v) is 5.33. The Morgan fingerprint density at radius 3 is 2.69 bits per heavy atom. The van der Waals surface area contributed by atoms with Crippen molar-refractivity contribution in [2.45, 2.75) is 20.8 Å². The third-order valence-electron chi connectivity index (χ3n) is 2.29. The van der Waals surface area contributed by atoms with E-state index in [1.165, 1.54) is 0 Å². The van der Waals surface area contributed by atoms with Crippen molar-refractivity contribution in [3.63, 3.8) is 0 Å². The number of hydrogen-bond acceptors (Lipinski definition) is 4. The molecule has 0 radical (unpaired) electrons. The Labute approximate surface area is 95.9 Å². The highest BCUT2D eigenvalue weighted by atomic mass is 16.2. The molecule has 1 rings (SSSR count). The largest absolute Gasteiger partial charge is 0.361 e. The molecule has 5 heteroatoms. The number of rotatable bonds is 4. The van der Waals surface area contributed by atoms with Gasteiger partial charge in [0.25, 0.3) is 0 Å². The highest BCUT2D eigenvalue weighted by molar-refractivity contribution is 5.80. The fourth-order valence-electron chi connectivity index (χ4n) is 1.28. The normalized spacial score (nSPS) is 10.0. The van der Waals surface area contributed by atoms with Crippen LogP contribution in [-0.4, -0.2) is 40.9 Å². The summed E-state index contributed by atoms with van der Waals surface area (Å²) in [4.78, 5) is 21.6. The van der Waals surface area contributed by atoms with Crippen molar-refractivity contribution in [1.82, 2.24) is 14.9 Å². The molecule has 5 nitrogen and oxygen atoms in total. The minimum absolute atomic E-state index is 0.0522. The van der Waals surface area contributed by atoms with Gasteiger partial charge in [0, 0.05) is 25.4 Å². The van der Waals surface area contributed by atoms with Gasteiger partial charge >= 0.3 is 0 Å². The van der Waals surface area contributed by atoms with Crippen LogP contribution >= 0.6 is 0 Å². The number of nitrogens with one attached hydrogen (secondary N) is 1. The van der Waals surface area contributed by atoms with Crippen LogP contribution in [0.4, 0.5) is 5.82 Å². The predicted molar refractivity (Wildman–Crippen MR) is 63.3 cm³/mol. The minimum Gasteiger partial charge on any atom is -0.361 e. The highest BCUT2D eigenvalue weighted by Crippen LogP contribution is 2.05. The molecule has 16 heavy (non-hydrogen) atoms. The second-order valence-corrected chi connectivity index (χ2v) is 3.70. The fraction of sp³-hybridized carbons (Fsp3) is 0.545. The summed E-state index contributed by atoms with van der Waals surface area (Å²) in [6.07, 6.45) is 0. The second-order valence-electron chi connectivity index (χ2n) is 3.70. The van der Waals surface area contributed by atoms with Crippen molar-refractivity contribution >= 4 is 11.7 Å². The van der Waals surface area contributed by atoms with Gasteiger partial charge in [0.1, 0.15) is 11.6 Å². The van der Waals surface area contributed by atoms with E-state index in [4.69, 9.17) is 0 Å². The Morgan fingerprint density at radius 1 is 1.44 bits per heavy atom. The Bertz CT molecular complexity index is 358. The van der Waals surface area contributed by atoms with Crippen LogP contribution in [0, 0.1) is 13.8 Å². The van der Waals surface area contributed by atoms with Gasteiger partial charge in [-0.2, -0.15) is 0 Å². The van der Waals surface area contributed by atoms with Gasteiger partial charge in [-0.15, -0.1) is 0 Å². The molecule has 0 fully saturated rings. The van der Waals surface area contributed by atoms with Crippen molar-refractivity contribution in [3.05, 3.63) is 17.6 Å². The van der Waals surface area contributed by atoms with Crippen molar-refractivity contribution in [3.8, 4) is 0 Å². The number of aryl methyl sites for hydroxylation is 2. The van der Waals surface area contributed by atoms with Gasteiger partial charge in [0.05, 0.1) is 6.54 Å². The van der Waals surface area contributed by atoms with Gasteiger partial charge in [0.15, 0.2) is 0 Å². The van der Waals surface area contributed by atoms with Gasteiger partial charge in [-0.1, -0.05) is 0 Å². The summed E-state index contributed by atoms with van der Waals surface area (Å²) in [5.41, 5.74) is 0.895. The van der Waals surface area contributed by atoms with Crippen molar-refractivity contribution < 1.29 is 4.79 Å². The van der Waals surface area contributed by atoms with E-state index in [0.717, 1.165) is 5.69 Å². The molecule has 1 aromatic rings. The molecule has 0 spiro atoms. The lowest BCUT2D eigenvalue weighted by atomic mass is 10.4. The zero-order chi connectivity index (χ0) is 12.1. The molecular weight excluding hydrogens is 204 g/mol. The molecule has 88 valence electrons. The first-order valence-electron chi connectivity index (χ1n) is 5.33. The predicted octanol–water partition coefficient (Wildman–Crippen LogP) is 0.984. The van der Waals surface area contributed by atoms with Crippen LogP contribution in [0.3, 0.4) is 0 Å². The van der Waals surface area contributed by atoms with Crippen molar-refractivity contribution in [2.24, 2.45) is 0 Å². The highest BCUT2D eigenvalue weighted by Gasteiger charge is 2.06. The summed E-state index contributed by atoms with van der Waals surface area (Å²) in [5.74, 6) is 1.46. The zero-order valence-corrected chi connectivity index (χ0v) is 10.2. The summed E-state index contributed by atoms with van der Waals surface area (Å²) in [5, 5.41) is 3.00. The molecule has 0 aliphatic carbocycles. The first kappa shape index (κ1) is 12.4. The maximum absolute atomic E-state index is 11.5. The molecule has 0 aliphatic rings. The number of hydrogen-bond donors (Lipinski definition) is 1. The van der Waals surface area contributed by atoms with Crippen LogP contribution in [0.25, 0.3) is 0 Å². The van der Waals surface area contributed by atoms with Crippen LogP contribution in [0.2, 0.25) is 0 Å². The standard InChI is InChI=1S/C11H18N4O/c1-5-15(4)11(16)7-12-10-6-8(2)13-9(3)14-10/h6H,5,7H2,1-4H3,(H,12,13,14). The Morgan fingerprint density at radius 2 is 2.12 bits per heavy atom. The average Bonchev–Trinajstić information content (AvgIpc) is 2.23. The summed E-state index contributed by atoms with van der Waals surface area (Å²) in [6.45, 7) is 6.65. The third-order valence-corrected chi connectivity index (χ3v) is 2.29. The first-order chi connectivity index (χ1) is 7.52. The Hall–Kier alpha value is -1.65. The monoisotopic (exact) mass is 222 g/mol. The van der Waals surface area contributed by atoms with E-state index < -0.39 is 0 Å². The number of carbonyl (C=O) groups is 1. The quantitative estimate of drug-likeness (QED) is 0.825. The Balaban J connectivity index is 2.58. The molecule has 0 bridgehead atoms. The van der Waals surface area contributed by atoms with Gasteiger partial charge in [-0.3, -0.25) is 4.79 Å². The van der Waals surface area contributed by atoms with Crippen molar-refractivity contribution in [2.75, 3.05) is 25.5 Å². The minimum atomic E-state index is 0.0522. The van der Waals surface area contributed by atoms with Crippen LogP contribution in [-0.2, 0) is 4.79 Å². The second kappa shape index (κ2) is 5.44. The van der Waals surface area contributed by atoms with Gasteiger partial charge in [0.2, 0.25) is 5.91 Å². The molecule has 1 aromatic heterocycles. The summed E-state index contributed by atoms with van der Waals surface area (Å²) in [7, 11) is 1.78. The molecule has 0 saturated heterocycles. The molecule has 1 amide bonds. The zero-order valence-electron chi connectivity index (χ0n) is 10.2. The molecule has 0 saturated carbocycles. The third kappa shape index (κ3) is 3.49. The lowest BCUT2D eigenvalue weighted by molar-refractivity contribution is -0.127. The van der Waals surface area contributed by atoms with E-state index in [9.17, 15) is 4.79 Å². The van der Waals surface area contributed by atoms with E-state index >= 15 is 0 Å². The van der Waals surface area contributed by atoms with Crippen LogP contribution in [0.5, 0.6) is 0 Å². The van der Waals surface area contributed by atoms with Crippen LogP contribution in [0.1, 0.15) is 18.4 Å². The molecule has 0 aromatic carbocycles. The molecule has 0 atom stereocenters. The van der Waals surface area contributed by atoms with Gasteiger partial charge in [-0.05, 0) is 20.8 Å². The van der Waals surface area contributed by atoms with E-state index in [0.29, 0.717) is 18.2 Å². The van der Waals surface area contributed by atoms with Gasteiger partial charge < -0.3 is 10.2 Å². The molecule has 1 N–H and O–H groups in total.